The van der Waals surface area contributed by atoms with Crippen molar-refractivity contribution in [1.82, 2.24) is 0 Å². The Kier molecular flexibility index (Phi) is 4.03. The van der Waals surface area contributed by atoms with Crippen LogP contribution in [0.5, 0.6) is 0 Å². The Labute approximate surface area is 64.3 Å². The summed E-state index contributed by atoms with van der Waals surface area (Å²) < 4.78 is 4.19. The lowest BCUT2D eigenvalue weighted by Gasteiger charge is -2.02. The van der Waals surface area contributed by atoms with Crippen LogP contribution in [0.2, 0.25) is 0 Å². The molecule has 0 fully saturated rings. The van der Waals surface area contributed by atoms with E-state index >= 15 is 0 Å². The lowest BCUT2D eigenvalue weighted by atomic mass is 10.3. The van der Waals surface area contributed by atoms with Gasteiger partial charge in [-0.3, -0.25) is 4.79 Å². The smallest absolute Gasteiger partial charge is 0.331 e. The van der Waals surface area contributed by atoms with Gasteiger partial charge < -0.3 is 4.74 Å². The van der Waals surface area contributed by atoms with Gasteiger partial charge in [0.05, 0.1) is 0 Å². The second kappa shape index (κ2) is 4.28. The van der Waals surface area contributed by atoms with Gasteiger partial charge in [-0.1, -0.05) is 6.92 Å². The SMILES string of the molecule is CCC(Cl)C(=O)OC(C)=O. The van der Waals surface area contributed by atoms with Gasteiger partial charge in [0.2, 0.25) is 0 Å². The number of ether oxygens (including phenoxy) is 1. The van der Waals surface area contributed by atoms with Crippen LogP contribution in [-0.2, 0) is 14.3 Å². The summed E-state index contributed by atoms with van der Waals surface area (Å²) in [7, 11) is 0. The van der Waals surface area contributed by atoms with E-state index in [0.29, 0.717) is 6.42 Å². The maximum atomic E-state index is 10.6. The lowest BCUT2D eigenvalue weighted by molar-refractivity contribution is -0.157. The number of rotatable bonds is 2. The highest BCUT2D eigenvalue weighted by atomic mass is 35.5. The molecule has 0 saturated heterocycles. The van der Waals surface area contributed by atoms with E-state index in [9.17, 15) is 9.59 Å². The second-order valence-corrected chi connectivity index (χ2v) is 2.32. The van der Waals surface area contributed by atoms with Crippen LogP contribution in [0.3, 0.4) is 0 Å². The summed E-state index contributed by atoms with van der Waals surface area (Å²) in [5, 5.41) is -0.705. The molecule has 58 valence electrons. The average molecular weight is 165 g/mol. The van der Waals surface area contributed by atoms with E-state index in [1.54, 1.807) is 6.92 Å². The summed E-state index contributed by atoms with van der Waals surface area (Å²) in [6, 6.07) is 0. The standard InChI is InChI=1S/C6H9ClO3/c1-3-5(7)6(9)10-4(2)8/h5H,3H2,1-2H3. The monoisotopic (exact) mass is 164 g/mol. The molecule has 1 unspecified atom stereocenters. The van der Waals surface area contributed by atoms with Crippen LogP contribution in [0, 0.1) is 0 Å². The zero-order valence-electron chi connectivity index (χ0n) is 5.89. The lowest BCUT2D eigenvalue weighted by Crippen LogP contribution is -2.19. The molecule has 0 rings (SSSR count). The molecular weight excluding hydrogens is 156 g/mol. The zero-order valence-corrected chi connectivity index (χ0v) is 6.64. The van der Waals surface area contributed by atoms with Crippen LogP contribution < -0.4 is 0 Å². The molecule has 0 saturated carbocycles. The zero-order chi connectivity index (χ0) is 8.15. The largest absolute Gasteiger partial charge is 0.392 e. The first kappa shape index (κ1) is 9.43. The van der Waals surface area contributed by atoms with E-state index < -0.39 is 17.3 Å². The van der Waals surface area contributed by atoms with Crippen LogP contribution in [0.25, 0.3) is 0 Å². The van der Waals surface area contributed by atoms with Crippen LogP contribution in [0.1, 0.15) is 20.3 Å². The molecule has 0 spiro atoms. The highest BCUT2D eigenvalue weighted by molar-refractivity contribution is 6.30. The van der Waals surface area contributed by atoms with E-state index in [-0.39, 0.29) is 0 Å². The molecule has 0 bridgehead atoms. The fourth-order valence-corrected chi connectivity index (χ4v) is 0.417. The molecule has 0 aromatic heterocycles. The Balaban J connectivity index is 3.73. The maximum Gasteiger partial charge on any atom is 0.331 e. The second-order valence-electron chi connectivity index (χ2n) is 1.79. The van der Waals surface area contributed by atoms with Gasteiger partial charge in [0, 0.05) is 6.92 Å². The van der Waals surface area contributed by atoms with Crippen molar-refractivity contribution in [3.8, 4) is 0 Å². The van der Waals surface area contributed by atoms with Gasteiger partial charge >= 0.3 is 11.9 Å². The predicted octanol–water partition coefficient (Wildman–Crippen LogP) is 1.09. The van der Waals surface area contributed by atoms with Gasteiger partial charge in [-0.25, -0.2) is 4.79 Å². The third kappa shape index (κ3) is 3.45. The maximum absolute atomic E-state index is 10.6. The van der Waals surface area contributed by atoms with Gasteiger partial charge in [0.1, 0.15) is 5.38 Å². The molecular formula is C6H9ClO3. The summed E-state index contributed by atoms with van der Waals surface area (Å²) in [5.74, 6) is -1.29. The van der Waals surface area contributed by atoms with Crippen molar-refractivity contribution < 1.29 is 14.3 Å². The first-order chi connectivity index (χ1) is 4.57. The van der Waals surface area contributed by atoms with E-state index in [1.807, 2.05) is 0 Å². The fourth-order valence-electron chi connectivity index (χ4n) is 0.372. The number of esters is 2. The third-order valence-electron chi connectivity index (χ3n) is 0.859. The molecule has 10 heavy (non-hydrogen) atoms. The van der Waals surface area contributed by atoms with E-state index in [2.05, 4.69) is 4.74 Å². The number of alkyl halides is 1. The van der Waals surface area contributed by atoms with Crippen LogP contribution in [0.15, 0.2) is 0 Å². The minimum atomic E-state index is -0.705. The average Bonchev–Trinajstić information content (AvgIpc) is 1.85. The number of hydrogen-bond donors (Lipinski definition) is 0. The van der Waals surface area contributed by atoms with Crippen molar-refractivity contribution in [3.05, 3.63) is 0 Å². The summed E-state index contributed by atoms with van der Waals surface area (Å²) in [6.07, 6.45) is 0.466. The molecule has 0 radical (unpaired) electrons. The highest BCUT2D eigenvalue weighted by Crippen LogP contribution is 2.02. The molecule has 0 aromatic carbocycles. The summed E-state index contributed by atoms with van der Waals surface area (Å²) in [6.45, 7) is 2.90. The molecule has 0 aliphatic carbocycles. The number of carbonyl (C=O) groups excluding carboxylic acids is 2. The van der Waals surface area contributed by atoms with E-state index in [4.69, 9.17) is 11.6 Å². The molecule has 4 heteroatoms. The molecule has 0 N–H and O–H groups in total. The van der Waals surface area contributed by atoms with E-state index in [0.717, 1.165) is 6.92 Å². The van der Waals surface area contributed by atoms with Crippen molar-refractivity contribution >= 4 is 23.5 Å². The molecule has 0 aliphatic rings. The Morgan fingerprint density at radius 2 is 2.10 bits per heavy atom. The van der Waals surface area contributed by atoms with Gasteiger partial charge in [-0.05, 0) is 6.42 Å². The molecule has 0 heterocycles. The Morgan fingerprint density at radius 1 is 1.60 bits per heavy atom. The van der Waals surface area contributed by atoms with Gasteiger partial charge in [-0.2, -0.15) is 0 Å². The molecule has 3 nitrogen and oxygen atoms in total. The van der Waals surface area contributed by atoms with Gasteiger partial charge in [0.15, 0.2) is 0 Å². The Morgan fingerprint density at radius 3 is 2.40 bits per heavy atom. The van der Waals surface area contributed by atoms with Crippen molar-refractivity contribution in [2.75, 3.05) is 0 Å². The summed E-state index contributed by atoms with van der Waals surface area (Å²) in [5.41, 5.74) is 0. The first-order valence-electron chi connectivity index (χ1n) is 2.94. The Bertz CT molecular complexity index is 144. The van der Waals surface area contributed by atoms with Crippen molar-refractivity contribution in [3.63, 3.8) is 0 Å². The van der Waals surface area contributed by atoms with Gasteiger partial charge in [0.25, 0.3) is 0 Å². The van der Waals surface area contributed by atoms with Crippen LogP contribution >= 0.6 is 11.6 Å². The molecule has 0 amide bonds. The summed E-state index contributed by atoms with van der Waals surface area (Å²) >= 11 is 5.43. The predicted molar refractivity (Wildman–Crippen MR) is 36.7 cm³/mol. The quantitative estimate of drug-likeness (QED) is 0.349. The Hall–Kier alpha value is -0.570. The normalized spacial score (nSPS) is 12.3. The number of carbonyl (C=O) groups is 2. The minimum absolute atomic E-state index is 0.466. The number of halogens is 1. The van der Waals surface area contributed by atoms with E-state index in [1.165, 1.54) is 0 Å². The van der Waals surface area contributed by atoms with Gasteiger partial charge in [-0.15, -0.1) is 11.6 Å². The highest BCUT2D eigenvalue weighted by Gasteiger charge is 2.15. The topological polar surface area (TPSA) is 43.4 Å². The first-order valence-corrected chi connectivity index (χ1v) is 3.38. The van der Waals surface area contributed by atoms with Crippen LogP contribution in [0.4, 0.5) is 0 Å². The number of hydrogen-bond acceptors (Lipinski definition) is 3. The molecule has 0 aromatic rings. The van der Waals surface area contributed by atoms with Crippen LogP contribution in [-0.4, -0.2) is 17.3 Å². The summed E-state index contributed by atoms with van der Waals surface area (Å²) in [4.78, 5) is 20.8. The minimum Gasteiger partial charge on any atom is -0.392 e. The van der Waals surface area contributed by atoms with Crippen molar-refractivity contribution in [2.24, 2.45) is 0 Å². The van der Waals surface area contributed by atoms with Crippen molar-refractivity contribution in [1.29, 1.82) is 0 Å². The fraction of sp³-hybridized carbons (Fsp3) is 0.667. The molecule has 1 atom stereocenters. The van der Waals surface area contributed by atoms with Crippen molar-refractivity contribution in [2.45, 2.75) is 25.6 Å². The molecule has 0 aliphatic heterocycles. The third-order valence-corrected chi connectivity index (χ3v) is 1.35.